The van der Waals surface area contributed by atoms with Crippen LogP contribution in [0.4, 0.5) is 17.1 Å². The molecule has 1 nitrogen and oxygen atoms in total. The minimum absolute atomic E-state index is 1.09. The molecule has 11 aromatic carbocycles. The molecule has 11 rings (SSSR count). The van der Waals surface area contributed by atoms with Gasteiger partial charge in [0.25, 0.3) is 0 Å². The summed E-state index contributed by atoms with van der Waals surface area (Å²) < 4.78 is 0. The first-order valence-corrected chi connectivity index (χ1v) is 20.3. The predicted octanol–water partition coefficient (Wildman–Crippen LogP) is 16.4. The van der Waals surface area contributed by atoms with E-state index in [9.17, 15) is 0 Å². The number of hydrogen-bond donors (Lipinski definition) is 0. The molecule has 11 aromatic rings. The molecule has 0 heterocycles. The van der Waals surface area contributed by atoms with Gasteiger partial charge in [0.2, 0.25) is 0 Å². The first-order valence-electron chi connectivity index (χ1n) is 20.3. The predicted molar refractivity (Wildman–Crippen MR) is 253 cm³/mol. The van der Waals surface area contributed by atoms with Gasteiger partial charge in [-0.3, -0.25) is 0 Å². The number of nitrogens with zero attached hydrogens (tertiary/aromatic N) is 1. The van der Waals surface area contributed by atoms with Crippen LogP contribution in [0, 0.1) is 0 Å². The number of hydrogen-bond acceptors (Lipinski definition) is 1. The molecule has 0 aliphatic rings. The van der Waals surface area contributed by atoms with E-state index in [2.05, 4.69) is 241 Å². The average molecular weight is 750 g/mol. The van der Waals surface area contributed by atoms with E-state index in [1.807, 2.05) is 0 Å². The second-order valence-electron chi connectivity index (χ2n) is 15.3. The fraction of sp³-hybridized carbons (Fsp3) is 0. The Kier molecular flexibility index (Phi) is 8.56. The van der Waals surface area contributed by atoms with E-state index >= 15 is 0 Å². The third kappa shape index (κ3) is 6.30. The van der Waals surface area contributed by atoms with Crippen LogP contribution in [-0.4, -0.2) is 0 Å². The number of rotatable bonds is 7. The number of anilines is 3. The standard InChI is InChI=1S/C58H39N/c1-2-12-43(13-3-1)57-37-31-48(55-23-11-18-42-15-5-8-20-52(42)55)39-58(57)59(50-34-28-45(29-35-50)54-22-10-17-41-14-4-7-19-51(41)54)49-32-26-40(27-33-49)46-30-36-56-47(38-46)25-24-44-16-6-9-21-53(44)56/h1-39H. The van der Waals surface area contributed by atoms with Gasteiger partial charge < -0.3 is 4.90 Å². The van der Waals surface area contributed by atoms with Crippen LogP contribution in [0.2, 0.25) is 0 Å². The summed E-state index contributed by atoms with van der Waals surface area (Å²) >= 11 is 0. The lowest BCUT2D eigenvalue weighted by atomic mass is 9.93. The summed E-state index contributed by atoms with van der Waals surface area (Å²) in [6, 6.07) is 86.4. The normalized spacial score (nSPS) is 11.4. The smallest absolute Gasteiger partial charge is 0.0546 e. The Morgan fingerprint density at radius 1 is 0.220 bits per heavy atom. The maximum Gasteiger partial charge on any atom is 0.0546 e. The van der Waals surface area contributed by atoms with Gasteiger partial charge in [-0.1, -0.05) is 200 Å². The van der Waals surface area contributed by atoms with E-state index < -0.39 is 0 Å². The van der Waals surface area contributed by atoms with Gasteiger partial charge in [-0.05, 0) is 118 Å². The lowest BCUT2D eigenvalue weighted by molar-refractivity contribution is 1.28. The van der Waals surface area contributed by atoms with Crippen molar-refractivity contribution < 1.29 is 0 Å². The minimum Gasteiger partial charge on any atom is -0.310 e. The van der Waals surface area contributed by atoms with Crippen molar-refractivity contribution in [2.75, 3.05) is 4.90 Å². The van der Waals surface area contributed by atoms with E-state index in [1.165, 1.54) is 87.6 Å². The van der Waals surface area contributed by atoms with Crippen molar-refractivity contribution in [3.63, 3.8) is 0 Å². The molecule has 0 fully saturated rings. The van der Waals surface area contributed by atoms with Crippen LogP contribution < -0.4 is 4.90 Å². The van der Waals surface area contributed by atoms with E-state index in [4.69, 9.17) is 0 Å². The maximum absolute atomic E-state index is 2.43. The summed E-state index contributed by atoms with van der Waals surface area (Å²) in [5.41, 5.74) is 12.8. The first-order chi connectivity index (χ1) is 29.2. The molecule has 0 aromatic heterocycles. The Morgan fingerprint density at radius 2 is 0.678 bits per heavy atom. The van der Waals surface area contributed by atoms with E-state index in [0.717, 1.165) is 17.1 Å². The zero-order valence-corrected chi connectivity index (χ0v) is 32.5. The van der Waals surface area contributed by atoms with Crippen LogP contribution in [0.15, 0.2) is 237 Å². The summed E-state index contributed by atoms with van der Waals surface area (Å²) in [6.45, 7) is 0. The van der Waals surface area contributed by atoms with Crippen molar-refractivity contribution in [3.8, 4) is 44.5 Å². The van der Waals surface area contributed by atoms with Crippen molar-refractivity contribution in [1.29, 1.82) is 0 Å². The Hall–Kier alpha value is -7.74. The fourth-order valence-corrected chi connectivity index (χ4v) is 8.91. The molecule has 0 amide bonds. The highest BCUT2D eigenvalue weighted by Gasteiger charge is 2.20. The molecule has 0 N–H and O–H groups in total. The average Bonchev–Trinajstić information content (AvgIpc) is 3.32. The SMILES string of the molecule is c1ccc(-c2ccc(-c3cccc4ccccc34)cc2N(c2ccc(-c3ccc4c(ccc5ccccc54)c3)cc2)c2ccc(-c3cccc4ccccc34)cc2)cc1. The molecule has 276 valence electrons. The number of benzene rings is 11. The highest BCUT2D eigenvalue weighted by atomic mass is 15.1. The maximum atomic E-state index is 2.43. The quantitative estimate of drug-likeness (QED) is 0.147. The van der Waals surface area contributed by atoms with Crippen LogP contribution in [-0.2, 0) is 0 Å². The summed E-state index contributed by atoms with van der Waals surface area (Å²) in [5.74, 6) is 0. The Bertz CT molecular complexity index is 3300. The third-order valence-corrected chi connectivity index (χ3v) is 11.9. The van der Waals surface area contributed by atoms with Gasteiger partial charge in [-0.25, -0.2) is 0 Å². The zero-order chi connectivity index (χ0) is 39.1. The second kappa shape index (κ2) is 14.6. The summed E-state index contributed by atoms with van der Waals surface area (Å²) in [6.07, 6.45) is 0. The molecule has 0 spiro atoms. The topological polar surface area (TPSA) is 3.24 Å². The van der Waals surface area contributed by atoms with E-state index in [1.54, 1.807) is 0 Å². The lowest BCUT2D eigenvalue weighted by Gasteiger charge is -2.29. The van der Waals surface area contributed by atoms with Crippen LogP contribution in [0.25, 0.3) is 87.6 Å². The monoisotopic (exact) mass is 749 g/mol. The Balaban J connectivity index is 1.08. The second-order valence-corrected chi connectivity index (χ2v) is 15.3. The van der Waals surface area contributed by atoms with Crippen molar-refractivity contribution >= 4 is 60.2 Å². The van der Waals surface area contributed by atoms with Gasteiger partial charge in [0.15, 0.2) is 0 Å². The highest BCUT2D eigenvalue weighted by Crippen LogP contribution is 2.45. The third-order valence-electron chi connectivity index (χ3n) is 11.9. The van der Waals surface area contributed by atoms with Crippen LogP contribution in [0.5, 0.6) is 0 Å². The molecule has 0 unspecified atom stereocenters. The largest absolute Gasteiger partial charge is 0.310 e. The minimum atomic E-state index is 1.09. The molecule has 0 atom stereocenters. The Morgan fingerprint density at radius 3 is 1.34 bits per heavy atom. The molecule has 0 bridgehead atoms. The van der Waals surface area contributed by atoms with Crippen LogP contribution >= 0.6 is 0 Å². The van der Waals surface area contributed by atoms with Crippen molar-refractivity contribution in [2.45, 2.75) is 0 Å². The van der Waals surface area contributed by atoms with Crippen molar-refractivity contribution in [2.24, 2.45) is 0 Å². The van der Waals surface area contributed by atoms with Crippen LogP contribution in [0.3, 0.4) is 0 Å². The summed E-state index contributed by atoms with van der Waals surface area (Å²) in [5, 5.41) is 10.1. The van der Waals surface area contributed by atoms with Crippen molar-refractivity contribution in [1.82, 2.24) is 0 Å². The van der Waals surface area contributed by atoms with Gasteiger partial charge in [0.05, 0.1) is 5.69 Å². The molecule has 0 aliphatic carbocycles. The molecular weight excluding hydrogens is 711 g/mol. The molecule has 59 heavy (non-hydrogen) atoms. The molecule has 0 radical (unpaired) electrons. The summed E-state index contributed by atoms with van der Waals surface area (Å²) in [7, 11) is 0. The van der Waals surface area contributed by atoms with Gasteiger partial charge in [-0.15, -0.1) is 0 Å². The fourth-order valence-electron chi connectivity index (χ4n) is 8.91. The lowest BCUT2D eigenvalue weighted by Crippen LogP contribution is -2.11. The molecule has 0 saturated carbocycles. The van der Waals surface area contributed by atoms with Gasteiger partial charge in [0.1, 0.15) is 0 Å². The molecular formula is C58H39N. The zero-order valence-electron chi connectivity index (χ0n) is 32.5. The molecule has 0 saturated heterocycles. The van der Waals surface area contributed by atoms with Crippen molar-refractivity contribution in [3.05, 3.63) is 237 Å². The molecule has 1 heteroatoms. The van der Waals surface area contributed by atoms with Gasteiger partial charge in [0, 0.05) is 16.9 Å². The molecule has 0 aliphatic heterocycles. The highest BCUT2D eigenvalue weighted by molar-refractivity contribution is 6.08. The van der Waals surface area contributed by atoms with Gasteiger partial charge in [-0.2, -0.15) is 0 Å². The number of fused-ring (bicyclic) bond motifs is 5. The van der Waals surface area contributed by atoms with Crippen LogP contribution in [0.1, 0.15) is 0 Å². The van der Waals surface area contributed by atoms with E-state index in [0.29, 0.717) is 0 Å². The Labute approximate surface area is 344 Å². The summed E-state index contributed by atoms with van der Waals surface area (Å²) in [4.78, 5) is 2.43. The van der Waals surface area contributed by atoms with Gasteiger partial charge >= 0.3 is 0 Å². The first kappa shape index (κ1) is 34.5. The van der Waals surface area contributed by atoms with E-state index in [-0.39, 0.29) is 0 Å².